The van der Waals surface area contributed by atoms with E-state index in [4.69, 9.17) is 11.6 Å². The smallest absolute Gasteiger partial charge is 0.255 e. The van der Waals surface area contributed by atoms with Gasteiger partial charge in [0.2, 0.25) is 5.91 Å². The molecule has 3 aromatic carbocycles. The van der Waals surface area contributed by atoms with Crippen molar-refractivity contribution < 1.29 is 9.59 Å². The van der Waals surface area contributed by atoms with E-state index in [0.717, 1.165) is 31.4 Å². The first-order chi connectivity index (χ1) is 15.4. The van der Waals surface area contributed by atoms with Crippen molar-refractivity contribution in [2.24, 2.45) is 0 Å². The van der Waals surface area contributed by atoms with Gasteiger partial charge in [-0.1, -0.05) is 41.1 Å². The second-order valence-electron chi connectivity index (χ2n) is 7.28. The third-order valence-corrected chi connectivity index (χ3v) is 7.13. The Kier molecular flexibility index (Phi) is 6.79. The first-order valence-corrected chi connectivity index (χ1v) is 12.0. The second-order valence-corrected chi connectivity index (χ2v) is 9.97. The summed E-state index contributed by atoms with van der Waals surface area (Å²) in [4.78, 5) is 29.4. The lowest BCUT2D eigenvalue weighted by molar-refractivity contribution is -0.113. The van der Waals surface area contributed by atoms with E-state index in [-0.39, 0.29) is 17.6 Å². The van der Waals surface area contributed by atoms with Crippen LogP contribution in [-0.2, 0) is 4.79 Å². The number of anilines is 2. The Labute approximate surface area is 199 Å². The van der Waals surface area contributed by atoms with Crippen LogP contribution >= 0.6 is 34.7 Å². The SMILES string of the molecule is Cc1ccc(NC(=O)CSc2nc3ccc(NC(=O)c4ccc(Cl)cc4)cc3s2)c(C)c1. The number of nitrogens with one attached hydrogen (secondary N) is 2. The first-order valence-electron chi connectivity index (χ1n) is 9.85. The fourth-order valence-electron chi connectivity index (χ4n) is 3.11. The van der Waals surface area contributed by atoms with Crippen LogP contribution in [0.5, 0.6) is 0 Å². The number of hydrogen-bond acceptors (Lipinski definition) is 5. The van der Waals surface area contributed by atoms with Gasteiger partial charge in [0.05, 0.1) is 16.0 Å². The van der Waals surface area contributed by atoms with E-state index in [9.17, 15) is 9.59 Å². The first kappa shape index (κ1) is 22.3. The van der Waals surface area contributed by atoms with E-state index in [0.29, 0.717) is 16.3 Å². The summed E-state index contributed by atoms with van der Waals surface area (Å²) >= 11 is 8.77. The normalized spacial score (nSPS) is 10.8. The van der Waals surface area contributed by atoms with Crippen LogP contribution in [0.2, 0.25) is 5.02 Å². The summed E-state index contributed by atoms with van der Waals surface area (Å²) in [6.45, 7) is 4.00. The van der Waals surface area contributed by atoms with Crippen molar-refractivity contribution >= 4 is 68.1 Å². The predicted octanol–water partition coefficient (Wildman–Crippen LogP) is 6.55. The molecule has 0 aliphatic carbocycles. The Morgan fingerprint density at radius 1 is 1.00 bits per heavy atom. The molecule has 0 aliphatic heterocycles. The van der Waals surface area contributed by atoms with Gasteiger partial charge in [-0.2, -0.15) is 0 Å². The number of rotatable bonds is 6. The summed E-state index contributed by atoms with van der Waals surface area (Å²) in [5, 5.41) is 6.43. The van der Waals surface area contributed by atoms with Crippen LogP contribution in [0.25, 0.3) is 10.2 Å². The maximum absolute atomic E-state index is 12.4. The lowest BCUT2D eigenvalue weighted by Crippen LogP contribution is -2.14. The van der Waals surface area contributed by atoms with Crippen molar-refractivity contribution in [3.8, 4) is 0 Å². The van der Waals surface area contributed by atoms with Crippen LogP contribution in [0.1, 0.15) is 21.5 Å². The fourth-order valence-corrected chi connectivity index (χ4v) is 5.15. The third-order valence-electron chi connectivity index (χ3n) is 4.72. The van der Waals surface area contributed by atoms with Crippen LogP contribution in [0.3, 0.4) is 0 Å². The van der Waals surface area contributed by atoms with Crippen LogP contribution in [0, 0.1) is 13.8 Å². The molecule has 1 aromatic heterocycles. The molecule has 162 valence electrons. The Morgan fingerprint density at radius 2 is 1.78 bits per heavy atom. The molecule has 0 saturated carbocycles. The van der Waals surface area contributed by atoms with Gasteiger partial charge in [0.15, 0.2) is 4.34 Å². The fraction of sp³-hybridized carbons (Fsp3) is 0.125. The van der Waals surface area contributed by atoms with Gasteiger partial charge in [-0.25, -0.2) is 4.98 Å². The maximum Gasteiger partial charge on any atom is 0.255 e. The topological polar surface area (TPSA) is 71.1 Å². The number of aryl methyl sites for hydroxylation is 2. The molecule has 4 aromatic rings. The van der Waals surface area contributed by atoms with Gasteiger partial charge < -0.3 is 10.6 Å². The standard InChI is InChI=1S/C24H20ClN3O2S2/c1-14-3-9-19(15(2)11-14)27-22(29)13-31-24-28-20-10-8-18(12-21(20)32-24)26-23(30)16-4-6-17(25)7-5-16/h3-12H,13H2,1-2H3,(H,26,30)(H,27,29). The highest BCUT2D eigenvalue weighted by Crippen LogP contribution is 2.31. The molecule has 5 nitrogen and oxygen atoms in total. The van der Waals surface area contributed by atoms with Crippen molar-refractivity contribution in [1.29, 1.82) is 0 Å². The lowest BCUT2D eigenvalue weighted by atomic mass is 10.1. The summed E-state index contributed by atoms with van der Waals surface area (Å²) in [5.74, 6) is -0.00635. The Balaban J connectivity index is 1.38. The zero-order valence-corrected chi connectivity index (χ0v) is 19.8. The Morgan fingerprint density at radius 3 is 2.53 bits per heavy atom. The molecule has 0 radical (unpaired) electrons. The van der Waals surface area contributed by atoms with Crippen LogP contribution in [0.15, 0.2) is 65.0 Å². The molecule has 0 saturated heterocycles. The van der Waals surface area contributed by atoms with Gasteiger partial charge in [-0.05, 0) is 67.9 Å². The van der Waals surface area contributed by atoms with E-state index >= 15 is 0 Å². The number of carbonyl (C=O) groups is 2. The average molecular weight is 482 g/mol. The molecule has 2 amide bonds. The number of amides is 2. The van der Waals surface area contributed by atoms with Gasteiger partial charge in [-0.3, -0.25) is 9.59 Å². The number of aromatic nitrogens is 1. The molecule has 0 fully saturated rings. The van der Waals surface area contributed by atoms with Crippen LogP contribution in [0.4, 0.5) is 11.4 Å². The Hall–Kier alpha value is -2.87. The maximum atomic E-state index is 12.4. The minimum atomic E-state index is -0.205. The highest BCUT2D eigenvalue weighted by atomic mass is 35.5. The van der Waals surface area contributed by atoms with Crippen molar-refractivity contribution in [3.63, 3.8) is 0 Å². The molecule has 0 unspecified atom stereocenters. The molecule has 32 heavy (non-hydrogen) atoms. The van der Waals surface area contributed by atoms with Crippen LogP contribution < -0.4 is 10.6 Å². The average Bonchev–Trinajstić information content (AvgIpc) is 3.17. The second kappa shape index (κ2) is 9.73. The summed E-state index contributed by atoms with van der Waals surface area (Å²) in [5.41, 5.74) is 5.07. The number of benzene rings is 3. The van der Waals surface area contributed by atoms with E-state index in [1.165, 1.54) is 23.1 Å². The van der Waals surface area contributed by atoms with Gasteiger partial charge >= 0.3 is 0 Å². The van der Waals surface area contributed by atoms with Crippen molar-refractivity contribution in [2.45, 2.75) is 18.2 Å². The molecule has 2 N–H and O–H groups in total. The molecule has 0 spiro atoms. The van der Waals surface area contributed by atoms with Crippen molar-refractivity contribution in [2.75, 3.05) is 16.4 Å². The Bertz CT molecular complexity index is 1300. The number of fused-ring (bicyclic) bond motifs is 1. The van der Waals surface area contributed by atoms with Crippen LogP contribution in [-0.4, -0.2) is 22.6 Å². The molecular weight excluding hydrogens is 462 g/mol. The molecule has 0 bridgehead atoms. The summed E-state index contributed by atoms with van der Waals surface area (Å²) in [6, 6.07) is 18.2. The number of nitrogens with zero attached hydrogens (tertiary/aromatic N) is 1. The van der Waals surface area contributed by atoms with Crippen molar-refractivity contribution in [1.82, 2.24) is 4.98 Å². The lowest BCUT2D eigenvalue weighted by Gasteiger charge is -2.08. The van der Waals surface area contributed by atoms with E-state index < -0.39 is 0 Å². The molecule has 4 rings (SSSR count). The minimum Gasteiger partial charge on any atom is -0.325 e. The number of hydrogen-bond donors (Lipinski definition) is 2. The third kappa shape index (κ3) is 5.48. The van der Waals surface area contributed by atoms with Gasteiger partial charge in [0.25, 0.3) is 5.91 Å². The number of halogens is 1. The van der Waals surface area contributed by atoms with E-state index in [1.54, 1.807) is 24.3 Å². The summed E-state index contributed by atoms with van der Waals surface area (Å²) in [7, 11) is 0. The highest BCUT2D eigenvalue weighted by molar-refractivity contribution is 8.01. The van der Waals surface area contributed by atoms with Crippen molar-refractivity contribution in [3.05, 3.63) is 82.4 Å². The van der Waals surface area contributed by atoms with Gasteiger partial charge in [0.1, 0.15) is 0 Å². The zero-order chi connectivity index (χ0) is 22.7. The largest absolute Gasteiger partial charge is 0.325 e. The van der Waals surface area contributed by atoms with Gasteiger partial charge in [0, 0.05) is 22.0 Å². The molecule has 0 atom stereocenters. The molecule has 8 heteroatoms. The van der Waals surface area contributed by atoms with E-state index in [1.807, 2.05) is 50.2 Å². The molecule has 0 aliphatic rings. The minimum absolute atomic E-state index is 0.0721. The molecular formula is C24H20ClN3O2S2. The summed E-state index contributed by atoms with van der Waals surface area (Å²) in [6.07, 6.45) is 0. The number of carbonyl (C=O) groups excluding carboxylic acids is 2. The zero-order valence-electron chi connectivity index (χ0n) is 17.4. The van der Waals surface area contributed by atoms with Gasteiger partial charge in [-0.15, -0.1) is 11.3 Å². The molecule has 1 heterocycles. The highest BCUT2D eigenvalue weighted by Gasteiger charge is 2.11. The number of thioether (sulfide) groups is 1. The predicted molar refractivity (Wildman–Crippen MR) is 134 cm³/mol. The monoisotopic (exact) mass is 481 g/mol. The summed E-state index contributed by atoms with van der Waals surface area (Å²) < 4.78 is 1.74. The van der Waals surface area contributed by atoms with E-state index in [2.05, 4.69) is 15.6 Å². The number of thiazole rings is 1. The quantitative estimate of drug-likeness (QED) is 0.306.